The van der Waals surface area contributed by atoms with Crippen LogP contribution in [0, 0.1) is 0 Å². The van der Waals surface area contributed by atoms with E-state index in [0.717, 1.165) is 11.1 Å². The Morgan fingerprint density at radius 1 is 1.14 bits per heavy atom. The highest BCUT2D eigenvalue weighted by Crippen LogP contribution is 2.27. The molecule has 1 atom stereocenters. The van der Waals surface area contributed by atoms with E-state index >= 15 is 0 Å². The van der Waals surface area contributed by atoms with Crippen LogP contribution in [0.4, 0.5) is 0 Å². The Morgan fingerprint density at radius 3 is 2.60 bits per heavy atom. The summed E-state index contributed by atoms with van der Waals surface area (Å²) in [6, 6.07) is 14.5. The number of allylic oxidation sites excluding steroid dienone is 2. The van der Waals surface area contributed by atoms with Gasteiger partial charge in [-0.1, -0.05) is 53.8 Å². The highest BCUT2D eigenvalue weighted by Gasteiger charge is 2.30. The smallest absolute Gasteiger partial charge is 0.338 e. The Morgan fingerprint density at radius 2 is 1.91 bits per heavy atom. The number of hydrogen-bond acceptors (Lipinski definition) is 7. The van der Waals surface area contributed by atoms with Gasteiger partial charge >= 0.3 is 5.97 Å². The molecule has 0 amide bonds. The number of methoxy groups -OCH3 is 2. The molecule has 0 fully saturated rings. The summed E-state index contributed by atoms with van der Waals surface area (Å²) in [5, 5.41) is 0. The van der Waals surface area contributed by atoms with E-state index in [-0.39, 0.29) is 12.2 Å². The Balaban J connectivity index is 1.88. The van der Waals surface area contributed by atoms with Crippen LogP contribution in [-0.2, 0) is 9.53 Å². The van der Waals surface area contributed by atoms with Gasteiger partial charge in [0.15, 0.2) is 4.80 Å². The summed E-state index contributed by atoms with van der Waals surface area (Å²) in [6.07, 6.45) is 5.50. The number of esters is 1. The minimum atomic E-state index is -0.648. The number of benzene rings is 2. The molecule has 1 unspecified atom stereocenters. The Labute approximate surface area is 206 Å². The van der Waals surface area contributed by atoms with Crippen LogP contribution in [0.5, 0.6) is 11.5 Å². The molecule has 4 rings (SSSR count). The van der Waals surface area contributed by atoms with Gasteiger partial charge in [-0.15, -0.1) is 0 Å². The highest BCUT2D eigenvalue weighted by molar-refractivity contribution is 7.07. The Hall–Kier alpha value is -3.91. The molecule has 7 nitrogen and oxygen atoms in total. The van der Waals surface area contributed by atoms with E-state index in [1.807, 2.05) is 48.6 Å². The molecule has 0 N–H and O–H groups in total. The number of carbonyl (C=O) groups excluding carboxylic acids is 1. The molecular formula is C27H26N2O5S. The average molecular weight is 491 g/mol. The van der Waals surface area contributed by atoms with Crippen LogP contribution in [0.25, 0.3) is 12.2 Å². The first-order valence-corrected chi connectivity index (χ1v) is 11.9. The minimum Gasteiger partial charge on any atom is -0.497 e. The van der Waals surface area contributed by atoms with E-state index in [2.05, 4.69) is 4.99 Å². The number of nitrogens with zero attached hydrogens (tertiary/aromatic N) is 2. The summed E-state index contributed by atoms with van der Waals surface area (Å²) in [7, 11) is 3.15. The summed E-state index contributed by atoms with van der Waals surface area (Å²) in [6.45, 7) is 3.74. The molecular weight excluding hydrogens is 464 g/mol. The third-order valence-corrected chi connectivity index (χ3v) is 6.54. The first-order valence-electron chi connectivity index (χ1n) is 11.1. The molecule has 1 aromatic heterocycles. The largest absolute Gasteiger partial charge is 0.497 e. The first-order chi connectivity index (χ1) is 17.0. The Kier molecular flexibility index (Phi) is 7.31. The normalized spacial score (nSPS) is 15.7. The van der Waals surface area contributed by atoms with Gasteiger partial charge in [0.1, 0.15) is 11.5 Å². The Bertz CT molecular complexity index is 1480. The molecule has 35 heavy (non-hydrogen) atoms. The van der Waals surface area contributed by atoms with Crippen LogP contribution in [0.2, 0.25) is 0 Å². The van der Waals surface area contributed by atoms with Crippen molar-refractivity contribution in [1.82, 2.24) is 4.57 Å². The zero-order valence-electron chi connectivity index (χ0n) is 20.0. The molecule has 0 saturated heterocycles. The van der Waals surface area contributed by atoms with Gasteiger partial charge < -0.3 is 14.2 Å². The van der Waals surface area contributed by atoms with Crippen molar-refractivity contribution in [3.63, 3.8) is 0 Å². The number of rotatable bonds is 7. The first kappa shape index (κ1) is 24.2. The molecule has 0 bridgehead atoms. The van der Waals surface area contributed by atoms with E-state index in [1.54, 1.807) is 50.8 Å². The van der Waals surface area contributed by atoms with Gasteiger partial charge in [-0.05, 0) is 37.6 Å². The van der Waals surface area contributed by atoms with E-state index in [4.69, 9.17) is 14.2 Å². The lowest BCUT2D eigenvalue weighted by Crippen LogP contribution is -2.38. The highest BCUT2D eigenvalue weighted by atomic mass is 32.1. The van der Waals surface area contributed by atoms with Crippen molar-refractivity contribution in [3.05, 3.63) is 96.7 Å². The van der Waals surface area contributed by atoms with E-state index in [9.17, 15) is 9.59 Å². The predicted octanol–water partition coefficient (Wildman–Crippen LogP) is 3.48. The summed E-state index contributed by atoms with van der Waals surface area (Å²) in [5.74, 6) is 0.753. The maximum absolute atomic E-state index is 13.6. The SMILES string of the molecule is CCOC(=O)C1=C(C)N=c2sc(=Cc3ccc(OC)cc3OC)c(=O)n2C1C=Cc1ccccc1. The average Bonchev–Trinajstić information content (AvgIpc) is 3.17. The maximum Gasteiger partial charge on any atom is 0.338 e. The topological polar surface area (TPSA) is 79.1 Å². The number of fused-ring (bicyclic) bond motifs is 1. The molecule has 1 aliphatic heterocycles. The van der Waals surface area contributed by atoms with Crippen molar-refractivity contribution in [3.8, 4) is 11.5 Å². The minimum absolute atomic E-state index is 0.229. The van der Waals surface area contributed by atoms with Crippen molar-refractivity contribution in [2.45, 2.75) is 19.9 Å². The monoisotopic (exact) mass is 490 g/mol. The summed E-state index contributed by atoms with van der Waals surface area (Å²) in [5.41, 5.74) is 2.32. The molecule has 3 aromatic rings. The van der Waals surface area contributed by atoms with E-state index < -0.39 is 12.0 Å². The third kappa shape index (κ3) is 4.97. The van der Waals surface area contributed by atoms with E-state index in [0.29, 0.717) is 32.1 Å². The van der Waals surface area contributed by atoms with Crippen LogP contribution in [-0.4, -0.2) is 31.4 Å². The van der Waals surface area contributed by atoms with Gasteiger partial charge in [0.25, 0.3) is 5.56 Å². The van der Waals surface area contributed by atoms with E-state index in [1.165, 1.54) is 11.3 Å². The van der Waals surface area contributed by atoms with Crippen molar-refractivity contribution >= 4 is 29.5 Å². The summed E-state index contributed by atoms with van der Waals surface area (Å²) < 4.78 is 18.1. The lowest BCUT2D eigenvalue weighted by atomic mass is 10.0. The van der Waals surface area contributed by atoms with Crippen LogP contribution in [0.15, 0.2) is 75.7 Å². The molecule has 0 radical (unpaired) electrons. The molecule has 8 heteroatoms. The molecule has 2 heterocycles. The van der Waals surface area contributed by atoms with Gasteiger partial charge in [0.05, 0.1) is 42.7 Å². The maximum atomic E-state index is 13.6. The molecule has 1 aliphatic rings. The van der Waals surface area contributed by atoms with Gasteiger partial charge in [-0.25, -0.2) is 9.79 Å². The molecule has 180 valence electrons. The number of aromatic nitrogens is 1. The molecule has 0 saturated carbocycles. The van der Waals surface area contributed by atoms with Crippen LogP contribution >= 0.6 is 11.3 Å². The predicted molar refractivity (Wildman–Crippen MR) is 136 cm³/mol. The standard InChI is InChI=1S/C27H26N2O5S/c1-5-34-26(31)24-17(2)28-27-29(21(24)14-11-18-9-7-6-8-10-18)25(30)23(35-27)15-19-12-13-20(32-3)16-22(19)33-4/h6-16,21H,5H2,1-4H3. The fourth-order valence-electron chi connectivity index (χ4n) is 3.86. The van der Waals surface area contributed by atoms with Gasteiger partial charge in [0.2, 0.25) is 0 Å². The van der Waals surface area contributed by atoms with Crippen molar-refractivity contribution in [2.24, 2.45) is 4.99 Å². The van der Waals surface area contributed by atoms with Crippen LogP contribution in [0.3, 0.4) is 0 Å². The van der Waals surface area contributed by atoms with Gasteiger partial charge in [-0.3, -0.25) is 9.36 Å². The van der Waals surface area contributed by atoms with Crippen LogP contribution < -0.4 is 24.4 Å². The summed E-state index contributed by atoms with van der Waals surface area (Å²) >= 11 is 1.26. The quantitative estimate of drug-likeness (QED) is 0.474. The van der Waals surface area contributed by atoms with Gasteiger partial charge in [-0.2, -0.15) is 0 Å². The second kappa shape index (κ2) is 10.6. The summed E-state index contributed by atoms with van der Waals surface area (Å²) in [4.78, 5) is 31.6. The number of hydrogen-bond donors (Lipinski definition) is 0. The fourth-order valence-corrected chi connectivity index (χ4v) is 4.91. The second-order valence-corrected chi connectivity index (χ2v) is 8.73. The number of carbonyl (C=O) groups is 1. The van der Waals surface area contributed by atoms with Gasteiger partial charge in [0, 0.05) is 11.6 Å². The van der Waals surface area contributed by atoms with Crippen molar-refractivity contribution in [2.75, 3.05) is 20.8 Å². The lowest BCUT2D eigenvalue weighted by molar-refractivity contribution is -0.139. The lowest BCUT2D eigenvalue weighted by Gasteiger charge is -2.21. The van der Waals surface area contributed by atoms with Crippen molar-refractivity contribution in [1.29, 1.82) is 0 Å². The third-order valence-electron chi connectivity index (χ3n) is 5.56. The molecule has 2 aromatic carbocycles. The number of thiazole rings is 1. The number of ether oxygens (including phenoxy) is 3. The van der Waals surface area contributed by atoms with Crippen LogP contribution in [0.1, 0.15) is 31.0 Å². The zero-order valence-corrected chi connectivity index (χ0v) is 20.8. The molecule has 0 spiro atoms. The fraction of sp³-hybridized carbons (Fsp3) is 0.222. The molecule has 0 aliphatic carbocycles. The van der Waals surface area contributed by atoms with Crippen molar-refractivity contribution < 1.29 is 19.0 Å². The zero-order chi connectivity index (χ0) is 24.9. The second-order valence-electron chi connectivity index (χ2n) is 7.72.